The van der Waals surface area contributed by atoms with Gasteiger partial charge in [-0.3, -0.25) is 4.99 Å². The number of rotatable bonds is 6. The van der Waals surface area contributed by atoms with Gasteiger partial charge in [0.2, 0.25) is 0 Å². The summed E-state index contributed by atoms with van der Waals surface area (Å²) in [6.45, 7) is 11.0. The van der Waals surface area contributed by atoms with Crippen LogP contribution in [0.4, 0.5) is 5.69 Å². The summed E-state index contributed by atoms with van der Waals surface area (Å²) in [5, 5.41) is 4.36. The highest BCUT2D eigenvalue weighted by molar-refractivity contribution is 14.0. The van der Waals surface area contributed by atoms with Gasteiger partial charge in [-0.2, -0.15) is 0 Å². The molecule has 29 heavy (non-hydrogen) atoms. The van der Waals surface area contributed by atoms with Crippen molar-refractivity contribution in [1.82, 2.24) is 20.0 Å². The first-order valence-electron chi connectivity index (χ1n) is 10.5. The molecule has 0 unspecified atom stereocenters. The predicted molar refractivity (Wildman–Crippen MR) is 135 cm³/mol. The van der Waals surface area contributed by atoms with E-state index < -0.39 is 0 Å². The van der Waals surface area contributed by atoms with E-state index in [1.54, 1.807) is 0 Å². The first-order chi connectivity index (χ1) is 13.7. The van der Waals surface area contributed by atoms with Crippen molar-refractivity contribution in [3.8, 4) is 0 Å². The van der Waals surface area contributed by atoms with Crippen LogP contribution in [0.15, 0.2) is 29.3 Å². The summed E-state index contributed by atoms with van der Waals surface area (Å²) in [7, 11) is 4.09. The fourth-order valence-corrected chi connectivity index (χ4v) is 4.10. The molecule has 0 saturated carbocycles. The van der Waals surface area contributed by atoms with Gasteiger partial charge in [0.25, 0.3) is 0 Å². The number of piperazine rings is 2. The minimum Gasteiger partial charge on any atom is -0.368 e. The first kappa shape index (κ1) is 24.5. The molecule has 0 atom stereocenters. The van der Waals surface area contributed by atoms with Crippen LogP contribution in [0.3, 0.4) is 0 Å². The molecule has 1 aromatic carbocycles. The predicted octanol–water partition coefficient (Wildman–Crippen LogP) is 2.68. The van der Waals surface area contributed by atoms with Gasteiger partial charge in [0.1, 0.15) is 0 Å². The van der Waals surface area contributed by atoms with Crippen LogP contribution < -0.4 is 10.2 Å². The molecule has 6 nitrogen and oxygen atoms in total. The van der Waals surface area contributed by atoms with Crippen LogP contribution in [0.1, 0.15) is 12.8 Å². The van der Waals surface area contributed by atoms with E-state index in [9.17, 15) is 0 Å². The molecule has 2 heterocycles. The number of guanidine groups is 1. The number of benzene rings is 1. The quantitative estimate of drug-likeness (QED) is 0.263. The molecule has 1 N–H and O–H groups in total. The van der Waals surface area contributed by atoms with E-state index in [4.69, 9.17) is 11.6 Å². The highest BCUT2D eigenvalue weighted by atomic mass is 127. The second-order valence-electron chi connectivity index (χ2n) is 7.78. The summed E-state index contributed by atoms with van der Waals surface area (Å²) in [6, 6.07) is 8.13. The molecule has 0 amide bonds. The van der Waals surface area contributed by atoms with Crippen LogP contribution in [0, 0.1) is 0 Å². The molecule has 0 aromatic heterocycles. The van der Waals surface area contributed by atoms with Crippen LogP contribution >= 0.6 is 35.6 Å². The number of nitrogens with one attached hydrogen (secondary N) is 1. The number of unbranched alkanes of at least 4 members (excludes halogenated alkanes) is 1. The number of aliphatic imine (C=N–C) groups is 1. The average molecular weight is 535 g/mol. The van der Waals surface area contributed by atoms with Crippen molar-refractivity contribution in [2.45, 2.75) is 12.8 Å². The highest BCUT2D eigenvalue weighted by Crippen LogP contribution is 2.20. The van der Waals surface area contributed by atoms with Crippen LogP contribution in [0.2, 0.25) is 5.02 Å². The SMILES string of the molecule is CN=C(NCCCCN1CCN(C)CC1)N1CCN(c2cccc(Cl)c2)CC1.I. The maximum absolute atomic E-state index is 6.13. The minimum absolute atomic E-state index is 0. The van der Waals surface area contributed by atoms with Crippen molar-refractivity contribution < 1.29 is 0 Å². The Hall–Kier alpha value is -0.770. The van der Waals surface area contributed by atoms with Gasteiger partial charge >= 0.3 is 0 Å². The van der Waals surface area contributed by atoms with Crippen molar-refractivity contribution in [3.05, 3.63) is 29.3 Å². The third-order valence-electron chi connectivity index (χ3n) is 5.74. The van der Waals surface area contributed by atoms with Gasteiger partial charge in [-0.15, -0.1) is 24.0 Å². The van der Waals surface area contributed by atoms with E-state index >= 15 is 0 Å². The second kappa shape index (κ2) is 12.8. The van der Waals surface area contributed by atoms with Crippen molar-refractivity contribution in [3.63, 3.8) is 0 Å². The largest absolute Gasteiger partial charge is 0.368 e. The number of likely N-dealkylation sites (N-methyl/N-ethyl adjacent to an activating group) is 1. The van der Waals surface area contributed by atoms with E-state index in [2.05, 4.69) is 43.0 Å². The molecule has 3 rings (SSSR count). The molecule has 0 bridgehead atoms. The lowest BCUT2D eigenvalue weighted by Gasteiger charge is -2.37. The Balaban J connectivity index is 0.00000300. The molecular weight excluding hydrogens is 499 g/mol. The maximum Gasteiger partial charge on any atom is 0.193 e. The van der Waals surface area contributed by atoms with E-state index in [0.29, 0.717) is 0 Å². The van der Waals surface area contributed by atoms with Gasteiger partial charge in [0.05, 0.1) is 0 Å². The number of nitrogens with zero attached hydrogens (tertiary/aromatic N) is 5. The van der Waals surface area contributed by atoms with Gasteiger partial charge in [-0.05, 0) is 44.6 Å². The van der Waals surface area contributed by atoms with E-state index in [1.165, 1.54) is 51.3 Å². The van der Waals surface area contributed by atoms with Gasteiger partial charge in [-0.25, -0.2) is 0 Å². The monoisotopic (exact) mass is 534 g/mol. The number of halogens is 2. The summed E-state index contributed by atoms with van der Waals surface area (Å²) in [4.78, 5) is 14.3. The molecule has 2 aliphatic rings. The summed E-state index contributed by atoms with van der Waals surface area (Å²) in [5.74, 6) is 1.03. The van der Waals surface area contributed by atoms with Crippen LogP contribution in [-0.4, -0.2) is 100 Å². The normalized spacial score (nSPS) is 19.2. The Labute approximate surface area is 198 Å². The van der Waals surface area contributed by atoms with E-state index in [1.807, 2.05) is 25.2 Å². The zero-order valence-corrected chi connectivity index (χ0v) is 20.9. The third-order valence-corrected chi connectivity index (χ3v) is 5.98. The van der Waals surface area contributed by atoms with Crippen LogP contribution in [0.25, 0.3) is 0 Å². The lowest BCUT2D eigenvalue weighted by Crippen LogP contribution is -2.52. The van der Waals surface area contributed by atoms with Crippen LogP contribution in [-0.2, 0) is 0 Å². The topological polar surface area (TPSA) is 37.4 Å². The smallest absolute Gasteiger partial charge is 0.193 e. The number of hydrogen-bond donors (Lipinski definition) is 1. The van der Waals surface area contributed by atoms with Crippen molar-refractivity contribution in [1.29, 1.82) is 0 Å². The van der Waals surface area contributed by atoms with Crippen molar-refractivity contribution in [2.24, 2.45) is 4.99 Å². The summed E-state index contributed by atoms with van der Waals surface area (Å²) < 4.78 is 0. The maximum atomic E-state index is 6.13. The number of hydrogen-bond acceptors (Lipinski definition) is 4. The molecule has 164 valence electrons. The van der Waals surface area contributed by atoms with Gasteiger partial charge in [0, 0.05) is 76.7 Å². The fourth-order valence-electron chi connectivity index (χ4n) is 3.91. The van der Waals surface area contributed by atoms with Crippen molar-refractivity contribution >= 4 is 47.2 Å². The lowest BCUT2D eigenvalue weighted by atomic mass is 10.2. The van der Waals surface area contributed by atoms with Crippen molar-refractivity contribution in [2.75, 3.05) is 84.4 Å². The molecular formula is C21H36ClIN6. The Kier molecular flexibility index (Phi) is 10.8. The molecule has 0 spiro atoms. The second-order valence-corrected chi connectivity index (χ2v) is 8.22. The third kappa shape index (κ3) is 7.77. The molecule has 0 radical (unpaired) electrons. The average Bonchev–Trinajstić information content (AvgIpc) is 2.72. The van der Waals surface area contributed by atoms with Gasteiger partial charge in [0.15, 0.2) is 5.96 Å². The first-order valence-corrected chi connectivity index (χ1v) is 10.9. The molecule has 2 aliphatic heterocycles. The molecule has 1 aromatic rings. The Morgan fingerprint density at radius 3 is 2.41 bits per heavy atom. The fraction of sp³-hybridized carbons (Fsp3) is 0.667. The Morgan fingerprint density at radius 2 is 1.76 bits per heavy atom. The zero-order valence-electron chi connectivity index (χ0n) is 17.8. The van der Waals surface area contributed by atoms with Gasteiger partial charge < -0.3 is 24.9 Å². The molecule has 2 fully saturated rings. The van der Waals surface area contributed by atoms with Crippen LogP contribution in [0.5, 0.6) is 0 Å². The van der Waals surface area contributed by atoms with E-state index in [-0.39, 0.29) is 24.0 Å². The highest BCUT2D eigenvalue weighted by Gasteiger charge is 2.20. The molecule has 8 heteroatoms. The summed E-state index contributed by atoms with van der Waals surface area (Å²) in [5.41, 5.74) is 1.21. The summed E-state index contributed by atoms with van der Waals surface area (Å²) >= 11 is 6.13. The molecule has 2 saturated heterocycles. The lowest BCUT2D eigenvalue weighted by molar-refractivity contribution is 0.152. The molecule has 0 aliphatic carbocycles. The zero-order chi connectivity index (χ0) is 19.8. The van der Waals surface area contributed by atoms with E-state index in [0.717, 1.165) is 43.7 Å². The minimum atomic E-state index is 0. The summed E-state index contributed by atoms with van der Waals surface area (Å²) in [6.07, 6.45) is 2.43. The Bertz CT molecular complexity index is 627. The number of anilines is 1. The standard InChI is InChI=1S/C21H35ClN6.HI/c1-23-21(24-8-3-4-9-26-12-10-25(2)11-13-26)28-16-14-27(15-17-28)20-7-5-6-19(22)18-20;/h5-7,18H,3-4,8-17H2,1-2H3,(H,23,24);1H. The van der Waals surface area contributed by atoms with Gasteiger partial charge in [-0.1, -0.05) is 17.7 Å². The Morgan fingerprint density at radius 1 is 1.03 bits per heavy atom.